The fourth-order valence-corrected chi connectivity index (χ4v) is 3.25. The number of thiazole rings is 1. The Morgan fingerprint density at radius 2 is 1.52 bits per heavy atom. The number of para-hydroxylation sites is 1. The molecular weight excluding hydrogens is 398 g/mol. The highest BCUT2D eigenvalue weighted by Crippen LogP contribution is 2.29. The number of nitrogens with zero attached hydrogens (tertiary/aromatic N) is 5. The molecule has 0 N–H and O–H groups in total. The van der Waals surface area contributed by atoms with Crippen LogP contribution in [0.25, 0.3) is 0 Å². The van der Waals surface area contributed by atoms with Crippen molar-refractivity contribution < 1.29 is 0 Å². The molecule has 0 saturated heterocycles. The number of hydrazone groups is 1. The van der Waals surface area contributed by atoms with Crippen LogP contribution < -0.4 is 15.7 Å². The second-order valence-corrected chi connectivity index (χ2v) is 6.64. The van der Waals surface area contributed by atoms with Crippen molar-refractivity contribution in [3.05, 3.63) is 76.8 Å². The molecule has 7 heteroatoms. The molecule has 2 aromatic carbocycles. The smallest absolute Gasteiger partial charge is 0.209 e. The molecule has 0 fully saturated rings. The molecule has 0 amide bonds. The number of aryl methyl sites for hydroxylation is 2. The summed E-state index contributed by atoms with van der Waals surface area (Å²) in [4.78, 5) is 5.83. The molecule has 5 nitrogen and oxygen atoms in total. The Bertz CT molecular complexity index is 859. The van der Waals surface area contributed by atoms with Gasteiger partial charge in [0.2, 0.25) is 5.13 Å². The van der Waals surface area contributed by atoms with Crippen molar-refractivity contribution in [2.24, 2.45) is 5.10 Å². The maximum absolute atomic E-state index is 4.70. The van der Waals surface area contributed by atoms with E-state index >= 15 is 0 Å². The second kappa shape index (κ2) is 7.35. The average Bonchev–Trinajstić information content (AvgIpc) is 3.21. The van der Waals surface area contributed by atoms with Gasteiger partial charge in [-0.05, 0) is 26.0 Å². The number of halogens is 1. The van der Waals surface area contributed by atoms with E-state index in [-0.39, 0.29) is 17.0 Å². The lowest BCUT2D eigenvalue weighted by molar-refractivity contribution is 0.700. The standard InChI is InChI=1S/C18H16N5S.BrH/c1-13-14(2)24-18(19-13)22-17(15-9-5-3-6-10-15)20-23(21-22)16-11-7-4-8-12-16;/h3-12H,1-2H3;1H. The lowest BCUT2D eigenvalue weighted by atomic mass is 10.2. The van der Waals surface area contributed by atoms with E-state index in [9.17, 15) is 0 Å². The van der Waals surface area contributed by atoms with Crippen LogP contribution >= 0.6 is 28.3 Å². The molecule has 0 atom stereocenters. The predicted molar refractivity (Wildman–Crippen MR) is 108 cm³/mol. The van der Waals surface area contributed by atoms with Gasteiger partial charge in [0.15, 0.2) is 5.84 Å². The van der Waals surface area contributed by atoms with Gasteiger partial charge < -0.3 is 0 Å². The Labute approximate surface area is 161 Å². The van der Waals surface area contributed by atoms with Gasteiger partial charge in [-0.2, -0.15) is 10.1 Å². The van der Waals surface area contributed by atoms with Gasteiger partial charge in [0.25, 0.3) is 0 Å². The summed E-state index contributed by atoms with van der Waals surface area (Å²) in [5.74, 6) is 0.771. The van der Waals surface area contributed by atoms with Crippen molar-refractivity contribution in [3.8, 4) is 0 Å². The summed E-state index contributed by atoms with van der Waals surface area (Å²) < 4.78 is 0. The van der Waals surface area contributed by atoms with Gasteiger partial charge in [-0.15, -0.1) is 33.4 Å². The monoisotopic (exact) mass is 414 g/mol. The zero-order chi connectivity index (χ0) is 16.5. The quantitative estimate of drug-likeness (QED) is 0.635. The number of hydrogen-bond acceptors (Lipinski definition) is 5. The Balaban J connectivity index is 0.00000182. The van der Waals surface area contributed by atoms with Gasteiger partial charge >= 0.3 is 0 Å². The molecule has 0 aliphatic carbocycles. The SMILES string of the molecule is Br.Cc1nc(N2[N]N(c3ccccc3)N=C2c2ccccc2)sc1C. The molecule has 4 rings (SSSR count). The van der Waals surface area contributed by atoms with E-state index in [1.54, 1.807) is 16.5 Å². The first-order valence-electron chi connectivity index (χ1n) is 7.67. The number of aromatic nitrogens is 1. The van der Waals surface area contributed by atoms with Crippen LogP contribution in [0.15, 0.2) is 65.8 Å². The van der Waals surface area contributed by atoms with E-state index in [1.807, 2.05) is 72.6 Å². The molecule has 0 unspecified atom stereocenters. The summed E-state index contributed by atoms with van der Waals surface area (Å²) in [7, 11) is 0. The molecule has 127 valence electrons. The third-order valence-corrected chi connectivity index (χ3v) is 4.83. The maximum atomic E-state index is 4.70. The number of anilines is 2. The van der Waals surface area contributed by atoms with Crippen molar-refractivity contribution in [1.82, 2.24) is 10.5 Å². The molecule has 1 aromatic heterocycles. The van der Waals surface area contributed by atoms with Crippen molar-refractivity contribution in [1.29, 1.82) is 0 Å². The number of rotatable bonds is 3. The normalized spacial score (nSPS) is 13.6. The highest BCUT2D eigenvalue weighted by atomic mass is 79.9. The molecule has 0 bridgehead atoms. The van der Waals surface area contributed by atoms with E-state index in [0.29, 0.717) is 0 Å². The Hall–Kier alpha value is -2.22. The fourth-order valence-electron chi connectivity index (χ4n) is 2.39. The Kier molecular flexibility index (Phi) is 5.17. The van der Waals surface area contributed by atoms with Crippen LogP contribution in [0, 0.1) is 13.8 Å². The van der Waals surface area contributed by atoms with Gasteiger partial charge in [0, 0.05) is 16.0 Å². The topological polar surface area (TPSA) is 45.8 Å². The molecule has 1 radical (unpaired) electrons. The molecule has 1 aliphatic rings. The lowest BCUT2D eigenvalue weighted by Gasteiger charge is -2.16. The highest BCUT2D eigenvalue weighted by molar-refractivity contribution is 8.93. The van der Waals surface area contributed by atoms with E-state index in [2.05, 4.69) is 17.4 Å². The molecular formula is C18H17BrN5S. The Morgan fingerprint density at radius 3 is 2.12 bits per heavy atom. The molecule has 3 aromatic rings. The molecule has 25 heavy (non-hydrogen) atoms. The van der Waals surface area contributed by atoms with Crippen LogP contribution in [0.5, 0.6) is 0 Å². The van der Waals surface area contributed by atoms with Gasteiger partial charge in [0.1, 0.15) is 0 Å². The van der Waals surface area contributed by atoms with Crippen molar-refractivity contribution in [2.75, 3.05) is 10.1 Å². The van der Waals surface area contributed by atoms with Crippen LogP contribution in [-0.2, 0) is 0 Å². The number of amidine groups is 1. The van der Waals surface area contributed by atoms with Crippen LogP contribution in [0.1, 0.15) is 16.1 Å². The van der Waals surface area contributed by atoms with Crippen molar-refractivity contribution in [3.63, 3.8) is 0 Å². The Morgan fingerprint density at radius 1 is 0.880 bits per heavy atom. The minimum absolute atomic E-state index is 0. The minimum atomic E-state index is 0. The number of hydrogen-bond donors (Lipinski definition) is 0. The summed E-state index contributed by atoms with van der Waals surface area (Å²) in [6, 6.07) is 20.0. The van der Waals surface area contributed by atoms with E-state index in [1.165, 1.54) is 4.88 Å². The first kappa shape index (κ1) is 17.6. The second-order valence-electron chi connectivity index (χ2n) is 5.45. The molecule has 0 spiro atoms. The first-order chi connectivity index (χ1) is 11.7. The summed E-state index contributed by atoms with van der Waals surface area (Å²) in [6.45, 7) is 4.08. The molecule has 1 aliphatic heterocycles. The van der Waals surface area contributed by atoms with Gasteiger partial charge in [-0.1, -0.05) is 48.5 Å². The highest BCUT2D eigenvalue weighted by Gasteiger charge is 2.30. The summed E-state index contributed by atoms with van der Waals surface area (Å²) in [5, 5.41) is 8.99. The van der Waals surface area contributed by atoms with E-state index in [0.717, 1.165) is 27.9 Å². The predicted octanol–water partition coefficient (Wildman–Crippen LogP) is 4.46. The van der Waals surface area contributed by atoms with Crippen molar-refractivity contribution >= 4 is 45.0 Å². The zero-order valence-electron chi connectivity index (χ0n) is 13.8. The first-order valence-corrected chi connectivity index (χ1v) is 8.49. The minimum Gasteiger partial charge on any atom is -0.224 e. The fraction of sp³-hybridized carbons (Fsp3) is 0.111. The van der Waals surface area contributed by atoms with E-state index in [4.69, 9.17) is 5.10 Å². The number of benzene rings is 2. The average molecular weight is 415 g/mol. The van der Waals surface area contributed by atoms with Crippen LogP contribution in [0.4, 0.5) is 10.8 Å². The van der Waals surface area contributed by atoms with Crippen LogP contribution in [0.2, 0.25) is 0 Å². The zero-order valence-corrected chi connectivity index (χ0v) is 16.4. The lowest BCUT2D eigenvalue weighted by Crippen LogP contribution is -2.37. The van der Waals surface area contributed by atoms with Crippen LogP contribution in [-0.4, -0.2) is 10.8 Å². The van der Waals surface area contributed by atoms with Crippen LogP contribution in [0.3, 0.4) is 0 Å². The third-order valence-electron chi connectivity index (χ3n) is 3.78. The van der Waals surface area contributed by atoms with E-state index < -0.39 is 0 Å². The summed E-state index contributed by atoms with van der Waals surface area (Å²) in [6.07, 6.45) is 0. The molecule has 2 heterocycles. The van der Waals surface area contributed by atoms with Crippen molar-refractivity contribution in [2.45, 2.75) is 13.8 Å². The van der Waals surface area contributed by atoms with Gasteiger partial charge in [-0.3, -0.25) is 0 Å². The third kappa shape index (κ3) is 3.44. The summed E-state index contributed by atoms with van der Waals surface area (Å²) in [5.41, 5.74) is 7.60. The summed E-state index contributed by atoms with van der Waals surface area (Å²) >= 11 is 1.62. The largest absolute Gasteiger partial charge is 0.224 e. The van der Waals surface area contributed by atoms with Gasteiger partial charge in [-0.25, -0.2) is 4.98 Å². The molecule has 0 saturated carbocycles. The maximum Gasteiger partial charge on any atom is 0.209 e. The van der Waals surface area contributed by atoms with Gasteiger partial charge in [0.05, 0.1) is 11.4 Å².